The molecule has 2 unspecified atom stereocenters. The molecule has 1 aliphatic heterocycles. The topological polar surface area (TPSA) is 80.3 Å². The van der Waals surface area contributed by atoms with Gasteiger partial charge in [0.2, 0.25) is 10.0 Å². The minimum Gasteiger partial charge on any atom is -0.387 e. The highest BCUT2D eigenvalue weighted by atomic mass is 32.2. The zero-order valence-corrected chi connectivity index (χ0v) is 12.2. The molecule has 6 nitrogen and oxygen atoms in total. The molecule has 0 bridgehead atoms. The molecule has 1 aromatic heterocycles. The van der Waals surface area contributed by atoms with E-state index >= 15 is 0 Å². The molecule has 2 heterocycles. The number of ether oxygens (including phenoxy) is 1. The lowest BCUT2D eigenvalue weighted by Gasteiger charge is -2.20. The summed E-state index contributed by atoms with van der Waals surface area (Å²) in [6.07, 6.45) is 5.97. The molecule has 2 atom stereocenters. The Morgan fingerprint density at radius 2 is 2.15 bits per heavy atom. The van der Waals surface area contributed by atoms with Gasteiger partial charge in [0.05, 0.1) is 17.8 Å². The van der Waals surface area contributed by atoms with Gasteiger partial charge in [-0.25, -0.2) is 13.1 Å². The second-order valence-electron chi connectivity index (χ2n) is 5.31. The van der Waals surface area contributed by atoms with E-state index in [-0.39, 0.29) is 17.0 Å². The zero-order valence-electron chi connectivity index (χ0n) is 11.4. The molecule has 2 aliphatic rings. The van der Waals surface area contributed by atoms with Crippen molar-refractivity contribution in [3.63, 3.8) is 0 Å². The van der Waals surface area contributed by atoms with Crippen molar-refractivity contribution in [2.75, 3.05) is 19.0 Å². The summed E-state index contributed by atoms with van der Waals surface area (Å²) >= 11 is 0. The number of pyridine rings is 1. The molecule has 0 aromatic carbocycles. The standard InChI is InChI=1S/C13H19N3O3S/c1-14-10-4-6-15-8-12(10)20(17,18)16-11-5-7-19-13(11)9-2-3-9/h4,6,8-9,11,13,16H,2-3,5,7H2,1H3,(H,14,15). The molecule has 1 saturated carbocycles. The molecule has 0 radical (unpaired) electrons. The number of nitrogens with zero attached hydrogens (tertiary/aromatic N) is 1. The quantitative estimate of drug-likeness (QED) is 0.846. The Bertz CT molecular complexity index is 586. The molecule has 1 aliphatic carbocycles. The lowest BCUT2D eigenvalue weighted by molar-refractivity contribution is 0.0848. The van der Waals surface area contributed by atoms with E-state index in [4.69, 9.17) is 4.74 Å². The van der Waals surface area contributed by atoms with Gasteiger partial charge in [0.25, 0.3) is 0 Å². The van der Waals surface area contributed by atoms with Crippen LogP contribution in [0.15, 0.2) is 23.4 Å². The number of aromatic nitrogens is 1. The molecule has 1 aromatic rings. The average Bonchev–Trinajstić information content (AvgIpc) is 3.19. The first-order valence-corrected chi connectivity index (χ1v) is 8.36. The number of rotatable bonds is 5. The smallest absolute Gasteiger partial charge is 0.244 e. The van der Waals surface area contributed by atoms with Gasteiger partial charge in [-0.05, 0) is 31.2 Å². The summed E-state index contributed by atoms with van der Waals surface area (Å²) in [5.41, 5.74) is 0.550. The fourth-order valence-electron chi connectivity index (χ4n) is 2.69. The first kappa shape index (κ1) is 13.8. The third kappa shape index (κ3) is 2.65. The SMILES string of the molecule is CNc1ccncc1S(=O)(=O)NC1CCOC1C1CC1. The van der Waals surface area contributed by atoms with Gasteiger partial charge in [-0.2, -0.15) is 0 Å². The summed E-state index contributed by atoms with van der Waals surface area (Å²) in [7, 11) is -1.89. The van der Waals surface area contributed by atoms with Gasteiger partial charge in [-0.3, -0.25) is 4.98 Å². The Balaban J connectivity index is 1.81. The van der Waals surface area contributed by atoms with Crippen molar-refractivity contribution in [3.05, 3.63) is 18.5 Å². The number of anilines is 1. The van der Waals surface area contributed by atoms with Crippen LogP contribution in [0.3, 0.4) is 0 Å². The largest absolute Gasteiger partial charge is 0.387 e. The molecule has 20 heavy (non-hydrogen) atoms. The number of sulfonamides is 1. The molecular formula is C13H19N3O3S. The maximum Gasteiger partial charge on any atom is 0.244 e. The van der Waals surface area contributed by atoms with Crippen molar-refractivity contribution < 1.29 is 13.2 Å². The third-order valence-electron chi connectivity index (χ3n) is 3.87. The van der Waals surface area contributed by atoms with Crippen LogP contribution in [0.1, 0.15) is 19.3 Å². The highest BCUT2D eigenvalue weighted by Gasteiger charge is 2.42. The van der Waals surface area contributed by atoms with Gasteiger partial charge in [0.15, 0.2) is 0 Å². The third-order valence-corrected chi connectivity index (χ3v) is 5.39. The van der Waals surface area contributed by atoms with Gasteiger partial charge in [0.1, 0.15) is 4.90 Å². The number of nitrogens with one attached hydrogen (secondary N) is 2. The molecule has 7 heteroatoms. The van der Waals surface area contributed by atoms with E-state index in [1.165, 1.54) is 6.20 Å². The van der Waals surface area contributed by atoms with E-state index in [0.717, 1.165) is 19.3 Å². The van der Waals surface area contributed by atoms with Crippen LogP contribution in [0.5, 0.6) is 0 Å². The lowest BCUT2D eigenvalue weighted by Crippen LogP contribution is -2.41. The van der Waals surface area contributed by atoms with E-state index in [0.29, 0.717) is 18.2 Å². The first-order valence-electron chi connectivity index (χ1n) is 6.87. The van der Waals surface area contributed by atoms with Crippen LogP contribution in [0, 0.1) is 5.92 Å². The highest BCUT2D eigenvalue weighted by Crippen LogP contribution is 2.39. The zero-order chi connectivity index (χ0) is 14.2. The average molecular weight is 297 g/mol. The fourth-order valence-corrected chi connectivity index (χ4v) is 4.13. The molecule has 0 amide bonds. The summed E-state index contributed by atoms with van der Waals surface area (Å²) in [6.45, 7) is 0.625. The summed E-state index contributed by atoms with van der Waals surface area (Å²) in [5.74, 6) is 0.517. The minimum atomic E-state index is -3.58. The number of hydrogen-bond donors (Lipinski definition) is 2. The van der Waals surface area contributed by atoms with E-state index in [2.05, 4.69) is 15.0 Å². The van der Waals surface area contributed by atoms with Crippen LogP contribution in [-0.2, 0) is 14.8 Å². The Morgan fingerprint density at radius 3 is 2.85 bits per heavy atom. The maximum atomic E-state index is 12.5. The van der Waals surface area contributed by atoms with E-state index in [1.807, 2.05) is 0 Å². The van der Waals surface area contributed by atoms with Gasteiger partial charge >= 0.3 is 0 Å². The Labute approximate surface area is 119 Å². The molecular weight excluding hydrogens is 278 g/mol. The Hall–Kier alpha value is -1.18. The predicted molar refractivity (Wildman–Crippen MR) is 75.0 cm³/mol. The van der Waals surface area contributed by atoms with Crippen molar-refractivity contribution in [3.8, 4) is 0 Å². The van der Waals surface area contributed by atoms with Crippen LogP contribution >= 0.6 is 0 Å². The normalized spacial score (nSPS) is 26.6. The Kier molecular flexibility index (Phi) is 3.66. The molecule has 2 N–H and O–H groups in total. The summed E-state index contributed by atoms with van der Waals surface area (Å²) in [5, 5.41) is 2.88. The molecule has 2 fully saturated rings. The summed E-state index contributed by atoms with van der Waals surface area (Å²) in [6, 6.07) is 1.52. The van der Waals surface area contributed by atoms with Crippen molar-refractivity contribution in [2.24, 2.45) is 5.92 Å². The van der Waals surface area contributed by atoms with E-state index < -0.39 is 10.0 Å². The minimum absolute atomic E-state index is 0.0273. The molecule has 1 saturated heterocycles. The van der Waals surface area contributed by atoms with Crippen LogP contribution in [0.4, 0.5) is 5.69 Å². The summed E-state index contributed by atoms with van der Waals surface area (Å²) < 4.78 is 33.5. The van der Waals surface area contributed by atoms with Gasteiger partial charge in [0, 0.05) is 26.0 Å². The van der Waals surface area contributed by atoms with Crippen molar-refractivity contribution >= 4 is 15.7 Å². The molecule has 3 rings (SSSR count). The lowest BCUT2D eigenvalue weighted by atomic mass is 10.1. The van der Waals surface area contributed by atoms with E-state index in [1.54, 1.807) is 19.3 Å². The predicted octanol–water partition coefficient (Wildman–Crippen LogP) is 0.969. The second-order valence-corrected chi connectivity index (χ2v) is 6.99. The van der Waals surface area contributed by atoms with Crippen molar-refractivity contribution in [2.45, 2.75) is 36.3 Å². The van der Waals surface area contributed by atoms with Crippen LogP contribution in [0.2, 0.25) is 0 Å². The van der Waals surface area contributed by atoms with Gasteiger partial charge < -0.3 is 10.1 Å². The summed E-state index contributed by atoms with van der Waals surface area (Å²) in [4.78, 5) is 4.09. The van der Waals surface area contributed by atoms with Crippen LogP contribution in [-0.4, -0.2) is 39.2 Å². The monoisotopic (exact) mass is 297 g/mol. The van der Waals surface area contributed by atoms with Crippen LogP contribution < -0.4 is 10.0 Å². The van der Waals surface area contributed by atoms with Gasteiger partial charge in [-0.15, -0.1) is 0 Å². The van der Waals surface area contributed by atoms with Crippen molar-refractivity contribution in [1.82, 2.24) is 9.71 Å². The van der Waals surface area contributed by atoms with E-state index in [9.17, 15) is 8.42 Å². The highest BCUT2D eigenvalue weighted by molar-refractivity contribution is 7.89. The van der Waals surface area contributed by atoms with Crippen molar-refractivity contribution in [1.29, 1.82) is 0 Å². The Morgan fingerprint density at radius 1 is 1.35 bits per heavy atom. The first-order chi connectivity index (χ1) is 9.62. The van der Waals surface area contributed by atoms with Crippen LogP contribution in [0.25, 0.3) is 0 Å². The van der Waals surface area contributed by atoms with Gasteiger partial charge in [-0.1, -0.05) is 0 Å². The second kappa shape index (κ2) is 5.31. The maximum absolute atomic E-state index is 12.5. The fraction of sp³-hybridized carbons (Fsp3) is 0.615. The number of hydrogen-bond acceptors (Lipinski definition) is 5. The molecule has 110 valence electrons. The molecule has 0 spiro atoms.